The Morgan fingerprint density at radius 1 is 1.59 bits per heavy atom. The molecule has 2 rings (SSSR count). The number of aromatic nitrogens is 2. The van der Waals surface area contributed by atoms with Crippen LogP contribution in [0.25, 0.3) is 5.57 Å². The van der Waals surface area contributed by atoms with E-state index in [0.717, 1.165) is 6.08 Å². The lowest BCUT2D eigenvalue weighted by molar-refractivity contribution is -0.135. The first-order valence-electron chi connectivity index (χ1n) is 4.72. The Morgan fingerprint density at radius 2 is 2.35 bits per heavy atom. The van der Waals surface area contributed by atoms with Crippen molar-refractivity contribution < 1.29 is 18.4 Å². The molecule has 1 aliphatic rings. The first-order chi connectivity index (χ1) is 8.13. The summed E-state index contributed by atoms with van der Waals surface area (Å²) < 4.78 is 22.8. The van der Waals surface area contributed by atoms with Gasteiger partial charge in [0.15, 0.2) is 5.57 Å². The molecule has 0 aromatic carbocycles. The number of carbonyl (C=O) groups excluding carboxylic acids is 1. The molecule has 1 aromatic heterocycles. The summed E-state index contributed by atoms with van der Waals surface area (Å²) in [5.74, 6) is -1.09. The van der Waals surface area contributed by atoms with Crippen LogP contribution < -0.4 is 0 Å². The van der Waals surface area contributed by atoms with Crippen LogP contribution in [0.15, 0.2) is 28.1 Å². The fraction of sp³-hybridized carbons (Fsp3) is 0.182. The van der Waals surface area contributed by atoms with Crippen LogP contribution in [-0.2, 0) is 9.53 Å². The van der Waals surface area contributed by atoms with Crippen LogP contribution in [0.4, 0.5) is 4.39 Å². The van der Waals surface area contributed by atoms with Gasteiger partial charge in [-0.15, -0.1) is 4.39 Å². The molecule has 0 saturated heterocycles. The van der Waals surface area contributed by atoms with Gasteiger partial charge in [-0.2, -0.15) is 4.98 Å². The molecule has 86 valence electrons. The summed E-state index contributed by atoms with van der Waals surface area (Å²) in [5, 5.41) is 3.62. The fourth-order valence-corrected chi connectivity index (χ4v) is 1.37. The Morgan fingerprint density at radius 3 is 2.94 bits per heavy atom. The molecule has 0 radical (unpaired) electrons. The molecular weight excluding hydrogens is 227 g/mol. The number of halogens is 1. The van der Waals surface area contributed by atoms with Crippen molar-refractivity contribution in [1.82, 2.24) is 10.1 Å². The Labute approximate surface area is 96.3 Å². The number of hydrogen-bond acceptors (Lipinski definition) is 5. The van der Waals surface area contributed by atoms with E-state index in [1.807, 2.05) is 0 Å². The molecule has 0 unspecified atom stereocenters. The van der Waals surface area contributed by atoms with Crippen LogP contribution in [0.5, 0.6) is 0 Å². The molecular formula is C11H8FN2O3+. The summed E-state index contributed by atoms with van der Waals surface area (Å²) in [5.41, 5.74) is -0.0410. The summed E-state index contributed by atoms with van der Waals surface area (Å²) in [7, 11) is 1.17. The van der Waals surface area contributed by atoms with Gasteiger partial charge in [-0.25, -0.2) is 4.79 Å². The van der Waals surface area contributed by atoms with Gasteiger partial charge in [-0.05, 0) is 5.16 Å². The number of ether oxygens (including phenoxy) is 1. The number of methoxy groups -OCH3 is 1. The van der Waals surface area contributed by atoms with E-state index in [4.69, 9.17) is 4.52 Å². The van der Waals surface area contributed by atoms with Crippen molar-refractivity contribution in [3.63, 3.8) is 0 Å². The minimum atomic E-state index is -0.797. The molecule has 0 N–H and O–H groups in total. The van der Waals surface area contributed by atoms with E-state index in [0.29, 0.717) is 5.89 Å². The highest BCUT2D eigenvalue weighted by atomic mass is 19.1. The lowest BCUT2D eigenvalue weighted by atomic mass is 10.0. The number of rotatable bonds is 2. The summed E-state index contributed by atoms with van der Waals surface area (Å²) in [4.78, 5) is 15.4. The highest BCUT2D eigenvalue weighted by Gasteiger charge is 2.33. The smallest absolute Gasteiger partial charge is 0.369 e. The summed E-state index contributed by atoms with van der Waals surface area (Å²) in [6.07, 6.45) is 5.00. The van der Waals surface area contributed by atoms with Gasteiger partial charge in [0.25, 0.3) is 11.7 Å². The summed E-state index contributed by atoms with van der Waals surface area (Å²) in [6.45, 7) is 1.59. The normalized spacial score (nSPS) is 14.4. The van der Waals surface area contributed by atoms with Gasteiger partial charge >= 0.3 is 5.97 Å². The molecule has 1 heterocycles. The molecule has 0 amide bonds. The summed E-state index contributed by atoms with van der Waals surface area (Å²) >= 11 is 0. The Balaban J connectivity index is 2.57. The van der Waals surface area contributed by atoms with Crippen molar-refractivity contribution in [3.8, 4) is 0 Å². The van der Waals surface area contributed by atoms with Crippen LogP contribution >= 0.6 is 0 Å². The van der Waals surface area contributed by atoms with Gasteiger partial charge in [-0.3, -0.25) is 0 Å². The molecule has 0 spiro atoms. The molecule has 1 aromatic rings. The van der Waals surface area contributed by atoms with Crippen molar-refractivity contribution in [1.29, 1.82) is 0 Å². The van der Waals surface area contributed by atoms with Crippen molar-refractivity contribution in [3.05, 3.63) is 41.3 Å². The monoisotopic (exact) mass is 235 g/mol. The topological polar surface area (TPSA) is 65.2 Å². The number of carbonyl (C=O) groups is 1. The highest BCUT2D eigenvalue weighted by molar-refractivity contribution is 6.03. The maximum absolute atomic E-state index is 13.6. The highest BCUT2D eigenvalue weighted by Crippen LogP contribution is 2.28. The minimum absolute atomic E-state index is 0.124. The second-order valence-electron chi connectivity index (χ2n) is 3.22. The first-order valence-corrected chi connectivity index (χ1v) is 4.72. The zero-order valence-electron chi connectivity index (χ0n) is 9.15. The van der Waals surface area contributed by atoms with Crippen LogP contribution in [0, 0.1) is 13.0 Å². The zero-order chi connectivity index (χ0) is 12.4. The van der Waals surface area contributed by atoms with E-state index in [1.165, 1.54) is 13.2 Å². The van der Waals surface area contributed by atoms with E-state index >= 15 is 0 Å². The van der Waals surface area contributed by atoms with Gasteiger partial charge in [0.2, 0.25) is 11.5 Å². The van der Waals surface area contributed by atoms with Gasteiger partial charge in [0.05, 0.1) is 7.11 Å². The predicted octanol–water partition coefficient (Wildman–Crippen LogP) is 1.53. The third-order valence-corrected chi connectivity index (χ3v) is 2.10. The van der Waals surface area contributed by atoms with Crippen LogP contribution in [0.1, 0.15) is 11.7 Å². The fourth-order valence-electron chi connectivity index (χ4n) is 1.37. The van der Waals surface area contributed by atoms with E-state index in [2.05, 4.69) is 21.0 Å². The zero-order valence-corrected chi connectivity index (χ0v) is 9.15. The third-order valence-electron chi connectivity index (χ3n) is 2.10. The standard InChI is InChI=1S/C11H8FN2O3/c1-6-13-10(14-17-6)7-4-3-5-8(12)9(7)11(15)16-2/h4-5H,1-2H3/q+1. The molecule has 0 aliphatic heterocycles. The lowest BCUT2D eigenvalue weighted by Gasteiger charge is -2.00. The number of aryl methyl sites for hydroxylation is 1. The van der Waals surface area contributed by atoms with Crippen molar-refractivity contribution in [2.75, 3.05) is 7.11 Å². The average molecular weight is 235 g/mol. The Hall–Kier alpha value is -2.33. The summed E-state index contributed by atoms with van der Waals surface area (Å²) in [6, 6.07) is 0. The predicted molar refractivity (Wildman–Crippen MR) is 55.0 cm³/mol. The maximum atomic E-state index is 13.6. The molecule has 5 nitrogen and oxygen atoms in total. The van der Waals surface area contributed by atoms with Gasteiger partial charge < -0.3 is 9.26 Å². The molecule has 0 atom stereocenters. The van der Waals surface area contributed by atoms with Gasteiger partial charge in [-0.1, -0.05) is 0 Å². The number of esters is 1. The van der Waals surface area contributed by atoms with Crippen molar-refractivity contribution in [2.24, 2.45) is 0 Å². The SMILES string of the molecule is COC(=O)C1=C(c2noc(C)n2)C=[C+]C=C1F. The van der Waals surface area contributed by atoms with E-state index in [-0.39, 0.29) is 17.0 Å². The molecule has 1 aliphatic carbocycles. The second kappa shape index (κ2) is 4.27. The van der Waals surface area contributed by atoms with Gasteiger partial charge in [0.1, 0.15) is 12.2 Å². The van der Waals surface area contributed by atoms with Crippen LogP contribution in [0.3, 0.4) is 0 Å². The van der Waals surface area contributed by atoms with Crippen molar-refractivity contribution in [2.45, 2.75) is 6.92 Å². The van der Waals surface area contributed by atoms with E-state index < -0.39 is 11.8 Å². The third kappa shape index (κ3) is 1.98. The van der Waals surface area contributed by atoms with Gasteiger partial charge in [0, 0.05) is 13.0 Å². The average Bonchev–Trinajstić information content (AvgIpc) is 2.74. The number of nitrogens with zero attached hydrogens (tertiary/aromatic N) is 2. The second-order valence-corrected chi connectivity index (χ2v) is 3.22. The molecule has 0 saturated carbocycles. The largest absolute Gasteiger partial charge is 0.464 e. The van der Waals surface area contributed by atoms with E-state index in [1.54, 1.807) is 6.92 Å². The maximum Gasteiger partial charge on any atom is 0.369 e. The Bertz CT molecular complexity index is 555. The lowest BCUT2D eigenvalue weighted by Crippen LogP contribution is -2.10. The molecule has 6 heteroatoms. The number of hydrogen-bond donors (Lipinski definition) is 0. The first kappa shape index (κ1) is 11.2. The van der Waals surface area contributed by atoms with Crippen molar-refractivity contribution >= 4 is 11.5 Å². The Kier molecular flexibility index (Phi) is 2.80. The van der Waals surface area contributed by atoms with E-state index in [9.17, 15) is 9.18 Å². The quantitative estimate of drug-likeness (QED) is 0.574. The van der Waals surface area contributed by atoms with Crippen LogP contribution in [-0.4, -0.2) is 23.2 Å². The van der Waals surface area contributed by atoms with Crippen LogP contribution in [0.2, 0.25) is 0 Å². The molecule has 0 bridgehead atoms. The molecule has 17 heavy (non-hydrogen) atoms. The number of allylic oxidation sites excluding steroid dienone is 4. The molecule has 0 fully saturated rings. The minimum Gasteiger partial charge on any atom is -0.464 e.